The summed E-state index contributed by atoms with van der Waals surface area (Å²) in [5.41, 5.74) is 11.2. The van der Waals surface area contributed by atoms with Crippen molar-refractivity contribution in [1.29, 1.82) is 0 Å². The van der Waals surface area contributed by atoms with Gasteiger partial charge in [0.1, 0.15) is 6.04 Å². The molecule has 2 atom stereocenters. The zero-order chi connectivity index (χ0) is 18.4. The zero-order valence-corrected chi connectivity index (χ0v) is 15.5. The summed E-state index contributed by atoms with van der Waals surface area (Å²) in [6.45, 7) is 2.07. The maximum Gasteiger partial charge on any atom is 0.226 e. The van der Waals surface area contributed by atoms with Crippen LogP contribution in [0.3, 0.4) is 0 Å². The quantitative estimate of drug-likeness (QED) is 0.882. The van der Waals surface area contributed by atoms with Crippen LogP contribution < -0.4 is 5.73 Å². The Hall–Kier alpha value is -2.72. The van der Waals surface area contributed by atoms with E-state index in [-0.39, 0.29) is 17.6 Å². The molecular weight excluding hydrogens is 332 g/mol. The highest BCUT2D eigenvalue weighted by molar-refractivity contribution is 5.98. The Labute approximate surface area is 160 Å². The molecule has 136 valence electrons. The van der Waals surface area contributed by atoms with E-state index in [0.717, 1.165) is 24.4 Å². The summed E-state index contributed by atoms with van der Waals surface area (Å²) in [6.07, 6.45) is 7.43. The van der Waals surface area contributed by atoms with E-state index in [0.29, 0.717) is 0 Å². The molecule has 0 aromatic heterocycles. The van der Waals surface area contributed by atoms with E-state index < -0.39 is 0 Å². The number of fused-ring (bicyclic) bond motifs is 1. The number of guanidine groups is 1. The van der Waals surface area contributed by atoms with Crippen molar-refractivity contribution in [3.8, 4) is 0 Å². The third kappa shape index (κ3) is 2.72. The summed E-state index contributed by atoms with van der Waals surface area (Å²) in [5.74, 6) is 0.790. The number of benzene rings is 2. The van der Waals surface area contributed by atoms with Gasteiger partial charge in [0.25, 0.3) is 0 Å². The molecule has 0 radical (unpaired) electrons. The smallest absolute Gasteiger partial charge is 0.226 e. The number of hydrogen-bond donors (Lipinski definition) is 1. The second kappa shape index (κ2) is 6.17. The highest BCUT2D eigenvalue weighted by atomic mass is 15.3. The molecule has 2 aliphatic heterocycles. The number of hydrogen-bond acceptors (Lipinski definition) is 4. The molecule has 2 unspecified atom stereocenters. The summed E-state index contributed by atoms with van der Waals surface area (Å²) in [6, 6.07) is 19.5. The van der Waals surface area contributed by atoms with Gasteiger partial charge in [0, 0.05) is 18.0 Å². The van der Waals surface area contributed by atoms with Gasteiger partial charge in [-0.3, -0.25) is 0 Å². The number of rotatable bonds is 3. The largest absolute Gasteiger partial charge is 0.321 e. The molecule has 27 heavy (non-hydrogen) atoms. The van der Waals surface area contributed by atoms with Crippen LogP contribution in [0.1, 0.15) is 55.0 Å². The Morgan fingerprint density at radius 1 is 1.00 bits per heavy atom. The lowest BCUT2D eigenvalue weighted by Crippen LogP contribution is -2.43. The fraction of sp³-hybridized carbons (Fsp3) is 0.304. The van der Waals surface area contributed by atoms with E-state index in [2.05, 4.69) is 77.6 Å². The first-order valence-corrected chi connectivity index (χ1v) is 9.67. The van der Waals surface area contributed by atoms with Crippen molar-refractivity contribution in [2.75, 3.05) is 0 Å². The summed E-state index contributed by atoms with van der Waals surface area (Å²) in [5, 5.41) is 0. The minimum absolute atomic E-state index is 0.0193. The molecule has 0 spiro atoms. The van der Waals surface area contributed by atoms with Gasteiger partial charge in [-0.2, -0.15) is 0 Å². The van der Waals surface area contributed by atoms with E-state index >= 15 is 0 Å². The van der Waals surface area contributed by atoms with Crippen LogP contribution in [-0.2, 0) is 5.54 Å². The maximum atomic E-state index is 6.49. The van der Waals surface area contributed by atoms with Gasteiger partial charge in [-0.1, -0.05) is 54.6 Å². The number of allylic oxidation sites excluding steroid dienone is 1. The highest BCUT2D eigenvalue weighted by Gasteiger charge is 2.39. The van der Waals surface area contributed by atoms with E-state index in [4.69, 9.17) is 10.7 Å². The van der Waals surface area contributed by atoms with Crippen LogP contribution in [0.4, 0.5) is 0 Å². The molecule has 1 fully saturated rings. The molecule has 4 nitrogen and oxygen atoms in total. The zero-order valence-electron chi connectivity index (χ0n) is 15.5. The molecular formula is C23H24N4. The van der Waals surface area contributed by atoms with Crippen LogP contribution in [0.2, 0.25) is 0 Å². The van der Waals surface area contributed by atoms with Crippen LogP contribution >= 0.6 is 0 Å². The summed E-state index contributed by atoms with van der Waals surface area (Å²) < 4.78 is 0. The molecule has 1 saturated carbocycles. The second-order valence-corrected chi connectivity index (χ2v) is 7.90. The van der Waals surface area contributed by atoms with E-state index in [1.165, 1.54) is 23.1 Å². The van der Waals surface area contributed by atoms with Crippen molar-refractivity contribution < 1.29 is 0 Å². The molecule has 4 heteroatoms. The van der Waals surface area contributed by atoms with Crippen molar-refractivity contribution in [2.45, 2.75) is 43.8 Å². The second-order valence-electron chi connectivity index (χ2n) is 7.90. The lowest BCUT2D eigenvalue weighted by atomic mass is 9.72. The third-order valence-electron chi connectivity index (χ3n) is 6.02. The fourth-order valence-electron chi connectivity index (χ4n) is 4.30. The van der Waals surface area contributed by atoms with E-state index in [1.54, 1.807) is 0 Å². The molecule has 2 N–H and O–H groups in total. The lowest BCUT2D eigenvalue weighted by Gasteiger charge is -2.38. The van der Waals surface area contributed by atoms with Crippen LogP contribution in [-0.4, -0.2) is 17.1 Å². The van der Waals surface area contributed by atoms with Gasteiger partial charge in [0.05, 0.1) is 6.04 Å². The van der Waals surface area contributed by atoms with Crippen LogP contribution in [0.5, 0.6) is 0 Å². The van der Waals surface area contributed by atoms with Gasteiger partial charge >= 0.3 is 0 Å². The summed E-state index contributed by atoms with van der Waals surface area (Å²) in [4.78, 5) is 11.7. The van der Waals surface area contributed by atoms with E-state index in [1.807, 2.05) is 6.21 Å². The number of nitrogens with zero attached hydrogens (tertiary/aromatic N) is 3. The molecule has 0 saturated heterocycles. The number of nitrogens with two attached hydrogens (primary N) is 1. The molecule has 2 aromatic rings. The SMILES string of the molecule is CC1=CN2C(=NC(c3ccc(C4(N)CCC4)cc3)C2c2ccccc2)N=C1. The predicted octanol–water partition coefficient (Wildman–Crippen LogP) is 4.47. The van der Waals surface area contributed by atoms with Gasteiger partial charge in [0.15, 0.2) is 0 Å². The summed E-state index contributed by atoms with van der Waals surface area (Å²) >= 11 is 0. The highest BCUT2D eigenvalue weighted by Crippen LogP contribution is 2.44. The van der Waals surface area contributed by atoms with Crippen molar-refractivity contribution in [2.24, 2.45) is 15.7 Å². The first kappa shape index (κ1) is 16.5. The normalized spacial score (nSPS) is 25.5. The first-order valence-electron chi connectivity index (χ1n) is 9.67. The molecule has 0 bridgehead atoms. The Morgan fingerprint density at radius 3 is 2.41 bits per heavy atom. The topological polar surface area (TPSA) is 54.0 Å². The minimum atomic E-state index is -0.124. The Bertz CT molecular complexity index is 936. The van der Waals surface area contributed by atoms with Crippen LogP contribution in [0.25, 0.3) is 0 Å². The van der Waals surface area contributed by atoms with Crippen molar-refractivity contribution >= 4 is 12.2 Å². The molecule has 3 aliphatic rings. The Morgan fingerprint density at radius 2 is 1.74 bits per heavy atom. The van der Waals surface area contributed by atoms with Gasteiger partial charge in [-0.05, 0) is 48.4 Å². The van der Waals surface area contributed by atoms with Gasteiger partial charge in [-0.15, -0.1) is 0 Å². The molecule has 2 heterocycles. The predicted molar refractivity (Wildman–Crippen MR) is 110 cm³/mol. The molecule has 0 amide bonds. The standard InChI is InChI=1S/C23H24N4/c1-16-14-25-22-26-20(21(27(22)15-16)18-6-3-2-4-7-18)17-8-10-19(11-9-17)23(24)12-5-13-23/h2-4,6-11,14-15,20-21H,5,12-13,24H2,1H3. The minimum Gasteiger partial charge on any atom is -0.321 e. The average Bonchev–Trinajstić information content (AvgIpc) is 3.05. The Kier molecular flexibility index (Phi) is 3.76. The van der Waals surface area contributed by atoms with Gasteiger partial charge in [-0.25, -0.2) is 9.98 Å². The van der Waals surface area contributed by atoms with Crippen LogP contribution in [0.15, 0.2) is 76.4 Å². The third-order valence-corrected chi connectivity index (χ3v) is 6.02. The lowest BCUT2D eigenvalue weighted by molar-refractivity contribution is 0.253. The van der Waals surface area contributed by atoms with Crippen LogP contribution in [0, 0.1) is 0 Å². The van der Waals surface area contributed by atoms with Crippen molar-refractivity contribution in [1.82, 2.24) is 4.90 Å². The maximum absolute atomic E-state index is 6.49. The molecule has 5 rings (SSSR count). The van der Waals surface area contributed by atoms with Crippen molar-refractivity contribution in [3.05, 3.63) is 83.1 Å². The number of aliphatic imine (C=N–C) groups is 2. The summed E-state index contributed by atoms with van der Waals surface area (Å²) in [7, 11) is 0. The molecule has 1 aliphatic carbocycles. The Balaban J connectivity index is 1.53. The average molecular weight is 356 g/mol. The monoisotopic (exact) mass is 356 g/mol. The van der Waals surface area contributed by atoms with Crippen molar-refractivity contribution in [3.63, 3.8) is 0 Å². The fourth-order valence-corrected chi connectivity index (χ4v) is 4.30. The molecule has 2 aromatic carbocycles. The van der Waals surface area contributed by atoms with E-state index in [9.17, 15) is 0 Å². The van der Waals surface area contributed by atoms with Gasteiger partial charge < -0.3 is 10.6 Å². The van der Waals surface area contributed by atoms with Gasteiger partial charge in [0.2, 0.25) is 5.96 Å². The first-order chi connectivity index (χ1) is 13.1.